The molecule has 4 N–H and O–H groups in total. The first-order valence-electron chi connectivity index (χ1n) is 10.4. The molecule has 1 aromatic heterocycles. The molecule has 2 aromatic carbocycles. The van der Waals surface area contributed by atoms with Gasteiger partial charge in [-0.3, -0.25) is 10.1 Å². The summed E-state index contributed by atoms with van der Waals surface area (Å²) in [7, 11) is 0. The molecule has 0 radical (unpaired) electrons. The van der Waals surface area contributed by atoms with E-state index in [1.165, 1.54) is 0 Å². The molecule has 0 bridgehead atoms. The number of anilines is 3. The monoisotopic (exact) mass is 424 g/mol. The zero-order valence-electron chi connectivity index (χ0n) is 17.3. The van der Waals surface area contributed by atoms with E-state index in [1.807, 2.05) is 37.3 Å². The number of benzene rings is 2. The Morgan fingerprint density at radius 1 is 1.19 bits per heavy atom. The van der Waals surface area contributed by atoms with Gasteiger partial charge in [0.25, 0.3) is 5.91 Å². The van der Waals surface area contributed by atoms with Gasteiger partial charge in [0, 0.05) is 13.1 Å². The number of hydrogen-bond donors (Lipinski definition) is 4. The molecule has 162 valence electrons. The lowest BCUT2D eigenvalue weighted by Gasteiger charge is -2.17. The van der Waals surface area contributed by atoms with Crippen LogP contribution < -0.4 is 15.5 Å². The van der Waals surface area contributed by atoms with Crippen LogP contribution in [0, 0.1) is 0 Å². The molecule has 1 aliphatic rings. The molecular formula is C22H26N5O4+. The summed E-state index contributed by atoms with van der Waals surface area (Å²) in [6.07, 6.45) is 2.70. The Kier molecular flexibility index (Phi) is 5.92. The summed E-state index contributed by atoms with van der Waals surface area (Å²) in [4.78, 5) is 14.9. The number of nitrogens with one attached hydrogen (secondary N) is 2. The van der Waals surface area contributed by atoms with Gasteiger partial charge in [-0.1, -0.05) is 48.0 Å². The lowest BCUT2D eigenvalue weighted by atomic mass is 10.0. The molecule has 4 rings (SSSR count). The standard InChI is InChI=1S/C22H25N5O4/c1-2-17(15-9-4-3-5-10-15)23-20-21(27(30)31-25-20)24-18-12-8-11-16(19(18)28)22(29)26-13-6-7-14-26/h3-5,8-12,17,30H,2,6-7,13-14H2,1H3,(H2,23,25,28,29)/p+1/t17-/m1/s1. The van der Waals surface area contributed by atoms with Crippen LogP contribution in [-0.2, 0) is 0 Å². The molecule has 9 nitrogen and oxygen atoms in total. The number of phenols is 1. The van der Waals surface area contributed by atoms with Crippen molar-refractivity contribution in [1.29, 1.82) is 0 Å². The van der Waals surface area contributed by atoms with E-state index in [1.54, 1.807) is 23.1 Å². The van der Waals surface area contributed by atoms with E-state index in [0.29, 0.717) is 18.0 Å². The van der Waals surface area contributed by atoms with Gasteiger partial charge in [-0.05, 0) is 37.0 Å². The number of carbonyl (C=O) groups excluding carboxylic acids is 1. The Labute approximate surface area is 179 Å². The minimum atomic E-state index is -0.214. The van der Waals surface area contributed by atoms with Crippen molar-refractivity contribution in [2.75, 3.05) is 23.7 Å². The number of aromatic hydroxyl groups is 1. The van der Waals surface area contributed by atoms with Gasteiger partial charge in [0.1, 0.15) is 15.7 Å². The fourth-order valence-electron chi connectivity index (χ4n) is 3.76. The maximum Gasteiger partial charge on any atom is 0.370 e. The number of para-hydroxylation sites is 1. The molecule has 1 aliphatic heterocycles. The Morgan fingerprint density at radius 3 is 2.65 bits per heavy atom. The molecule has 1 atom stereocenters. The Bertz CT molecular complexity index is 1050. The topological polar surface area (TPSA) is 115 Å². The zero-order chi connectivity index (χ0) is 21.8. The van der Waals surface area contributed by atoms with E-state index in [-0.39, 0.29) is 40.6 Å². The van der Waals surface area contributed by atoms with Gasteiger partial charge >= 0.3 is 11.6 Å². The van der Waals surface area contributed by atoms with Crippen LogP contribution in [0.25, 0.3) is 0 Å². The van der Waals surface area contributed by atoms with E-state index in [4.69, 9.17) is 4.63 Å². The molecule has 1 saturated heterocycles. The first kappa shape index (κ1) is 20.5. The highest BCUT2D eigenvalue weighted by molar-refractivity contribution is 5.99. The van der Waals surface area contributed by atoms with Crippen LogP contribution in [0.1, 0.15) is 48.1 Å². The Hall–Kier alpha value is -3.75. The van der Waals surface area contributed by atoms with Crippen LogP contribution in [0.3, 0.4) is 0 Å². The fraction of sp³-hybridized carbons (Fsp3) is 0.318. The van der Waals surface area contributed by atoms with Gasteiger partial charge < -0.3 is 20.5 Å². The van der Waals surface area contributed by atoms with Gasteiger partial charge in [0.15, 0.2) is 5.75 Å². The first-order valence-corrected chi connectivity index (χ1v) is 10.4. The average molecular weight is 424 g/mol. The number of phenolic OH excluding ortho intramolecular Hbond substituents is 1. The summed E-state index contributed by atoms with van der Waals surface area (Å²) in [5.41, 5.74) is 1.52. The summed E-state index contributed by atoms with van der Waals surface area (Å²) >= 11 is 0. The Morgan fingerprint density at radius 2 is 1.94 bits per heavy atom. The van der Waals surface area contributed by atoms with Crippen molar-refractivity contribution >= 4 is 23.2 Å². The van der Waals surface area contributed by atoms with Gasteiger partial charge in [-0.15, -0.1) is 0 Å². The third-order valence-corrected chi connectivity index (χ3v) is 5.46. The molecule has 2 heterocycles. The normalized spacial score (nSPS) is 14.4. The molecule has 31 heavy (non-hydrogen) atoms. The molecule has 3 aromatic rings. The van der Waals surface area contributed by atoms with Crippen LogP contribution in [0.15, 0.2) is 53.2 Å². The summed E-state index contributed by atoms with van der Waals surface area (Å²) in [5.74, 6) is -0.0275. The highest BCUT2D eigenvalue weighted by Crippen LogP contribution is 2.33. The molecule has 9 heteroatoms. The van der Waals surface area contributed by atoms with Gasteiger partial charge in [-0.2, -0.15) is 0 Å². The van der Waals surface area contributed by atoms with Crippen LogP contribution in [0.5, 0.6) is 5.75 Å². The largest absolute Gasteiger partial charge is 0.504 e. The number of carbonyl (C=O) groups is 1. The van der Waals surface area contributed by atoms with E-state index in [2.05, 4.69) is 15.8 Å². The predicted octanol–water partition coefficient (Wildman–Crippen LogP) is 3.45. The van der Waals surface area contributed by atoms with E-state index in [9.17, 15) is 15.1 Å². The second-order valence-corrected chi connectivity index (χ2v) is 7.48. The summed E-state index contributed by atoms with van der Waals surface area (Å²) < 4.78 is 4.89. The highest BCUT2D eigenvalue weighted by atomic mass is 16.8. The molecule has 1 amide bonds. The summed E-state index contributed by atoms with van der Waals surface area (Å²) in [6.45, 7) is 3.40. The molecule has 0 aliphatic carbocycles. The quantitative estimate of drug-likeness (QED) is 0.339. The van der Waals surface area contributed by atoms with E-state index < -0.39 is 0 Å². The minimum Gasteiger partial charge on any atom is -0.504 e. The average Bonchev–Trinajstić information content (AvgIpc) is 3.45. The third-order valence-electron chi connectivity index (χ3n) is 5.46. The first-order chi connectivity index (χ1) is 15.1. The molecular weight excluding hydrogens is 398 g/mol. The van der Waals surface area contributed by atoms with Crippen molar-refractivity contribution in [2.24, 2.45) is 0 Å². The number of aromatic nitrogens is 2. The third kappa shape index (κ3) is 4.25. The second kappa shape index (κ2) is 8.95. The molecule has 1 fully saturated rings. The molecule has 0 spiro atoms. The zero-order valence-corrected chi connectivity index (χ0v) is 17.3. The van der Waals surface area contributed by atoms with Crippen LogP contribution in [0.4, 0.5) is 17.3 Å². The fourth-order valence-corrected chi connectivity index (χ4v) is 3.76. The van der Waals surface area contributed by atoms with Crippen molar-refractivity contribution < 1.29 is 24.6 Å². The van der Waals surface area contributed by atoms with Crippen LogP contribution >= 0.6 is 0 Å². The number of rotatable bonds is 7. The van der Waals surface area contributed by atoms with E-state index >= 15 is 0 Å². The van der Waals surface area contributed by atoms with Gasteiger partial charge in [0.2, 0.25) is 0 Å². The number of likely N-dealkylation sites (tertiary alicyclic amines) is 1. The maximum absolute atomic E-state index is 12.7. The van der Waals surface area contributed by atoms with Gasteiger partial charge in [0.05, 0.1) is 11.6 Å². The number of hydrogen-bond acceptors (Lipinski definition) is 7. The highest BCUT2D eigenvalue weighted by Gasteiger charge is 2.29. The SMILES string of the molecule is CC[C@@H](Nc1no[n+](O)c1Nc1cccc(C(=O)N2CCCC2)c1O)c1ccccc1. The minimum absolute atomic E-state index is 0.0662. The smallest absolute Gasteiger partial charge is 0.370 e. The van der Waals surface area contributed by atoms with Crippen molar-refractivity contribution in [1.82, 2.24) is 10.1 Å². The van der Waals surface area contributed by atoms with Crippen LogP contribution in [0.2, 0.25) is 0 Å². The Balaban J connectivity index is 1.58. The lowest BCUT2D eigenvalue weighted by Crippen LogP contribution is -2.30. The van der Waals surface area contributed by atoms with Crippen molar-refractivity contribution in [3.8, 4) is 5.75 Å². The van der Waals surface area contributed by atoms with Gasteiger partial charge in [-0.25, -0.2) is 0 Å². The van der Waals surface area contributed by atoms with Crippen molar-refractivity contribution in [3.05, 3.63) is 59.7 Å². The second-order valence-electron chi connectivity index (χ2n) is 7.48. The van der Waals surface area contributed by atoms with Crippen molar-refractivity contribution in [2.45, 2.75) is 32.2 Å². The van der Waals surface area contributed by atoms with Crippen molar-refractivity contribution in [3.63, 3.8) is 0 Å². The summed E-state index contributed by atoms with van der Waals surface area (Å²) in [5, 5.41) is 30.9. The predicted molar refractivity (Wildman–Crippen MR) is 114 cm³/mol. The molecule has 0 unspecified atom stereocenters. The summed E-state index contributed by atoms with van der Waals surface area (Å²) in [6, 6.07) is 14.7. The number of amides is 1. The maximum atomic E-state index is 12.7. The molecule has 0 saturated carbocycles. The van der Waals surface area contributed by atoms with E-state index in [0.717, 1.165) is 24.8 Å². The number of nitrogens with zero attached hydrogens (tertiary/aromatic N) is 3. The van der Waals surface area contributed by atoms with Crippen LogP contribution in [-0.4, -0.2) is 39.4 Å². The lowest BCUT2D eigenvalue weighted by molar-refractivity contribution is -1.03.